The Morgan fingerprint density at radius 1 is 1.04 bits per heavy atom. The number of carbonyl (C=O) groups excluding carboxylic acids is 3. The lowest BCUT2D eigenvalue weighted by Crippen LogP contribution is -2.66. The third kappa shape index (κ3) is 8.99. The maximum Gasteiger partial charge on any atom is 0.449 e. The maximum atomic E-state index is 13.3. The lowest BCUT2D eigenvalue weighted by Gasteiger charge is -2.51. The Balaban J connectivity index is 1.98. The van der Waals surface area contributed by atoms with Gasteiger partial charge >= 0.3 is 29.0 Å². The largest absolute Gasteiger partial charge is 0.449 e. The first-order valence-corrected chi connectivity index (χ1v) is 20.2. The molecular weight excluding hydrogens is 674 g/mol. The number of nitrogens with zero attached hydrogens (tertiary/aromatic N) is 2. The minimum atomic E-state index is -4.93. The minimum Gasteiger partial charge on any atom is -0.414 e. The third-order valence-electron chi connectivity index (χ3n) is 8.65. The van der Waals surface area contributed by atoms with Gasteiger partial charge in [-0.25, -0.2) is 4.79 Å². The van der Waals surface area contributed by atoms with Gasteiger partial charge in [-0.05, 0) is 34.7 Å². The van der Waals surface area contributed by atoms with E-state index >= 15 is 0 Å². The van der Waals surface area contributed by atoms with Crippen LogP contribution in [0.5, 0.6) is 0 Å². The molecule has 0 aliphatic carbocycles. The number of nitrogens with one attached hydrogen (secondary N) is 2. The predicted octanol–water partition coefficient (Wildman–Crippen LogP) is 4.47. The van der Waals surface area contributed by atoms with Crippen molar-refractivity contribution in [3.05, 3.63) is 22.7 Å². The number of carbonyl (C=O) groups is 3. The molecule has 4 atom stereocenters. The number of alkyl halides is 3. The fourth-order valence-electron chi connectivity index (χ4n) is 6.22. The molecule has 13 nitrogen and oxygen atoms in total. The lowest BCUT2D eigenvalue weighted by molar-refractivity contribution is -0.171. The summed E-state index contributed by atoms with van der Waals surface area (Å²) in [5.74, 6) is -2.90. The molecule has 272 valence electrons. The lowest BCUT2D eigenvalue weighted by atomic mass is 10.1. The maximum absolute atomic E-state index is 13.3. The number of anilines is 1. The summed E-state index contributed by atoms with van der Waals surface area (Å²) < 4.78 is 72.5. The normalized spacial score (nSPS) is 24.0. The van der Waals surface area contributed by atoms with Crippen molar-refractivity contribution in [2.75, 3.05) is 25.1 Å². The second-order valence-corrected chi connectivity index (χ2v) is 22.3. The summed E-state index contributed by atoms with van der Waals surface area (Å²) in [5.41, 5.74) is -0.723. The van der Waals surface area contributed by atoms with E-state index in [4.69, 9.17) is 22.4 Å². The first kappa shape index (κ1) is 39.9. The molecule has 1 aromatic rings. The summed E-state index contributed by atoms with van der Waals surface area (Å²) >= 11 is 0. The highest BCUT2D eigenvalue weighted by atomic mass is 28.5. The molecule has 0 spiro atoms. The van der Waals surface area contributed by atoms with Crippen molar-refractivity contribution in [2.45, 2.75) is 128 Å². The Morgan fingerprint density at radius 2 is 1.65 bits per heavy atom. The molecule has 1 aromatic heterocycles. The van der Waals surface area contributed by atoms with Crippen molar-refractivity contribution in [1.82, 2.24) is 14.9 Å². The Kier molecular flexibility index (Phi) is 13.3. The average molecular weight is 723 g/mol. The molecule has 0 aromatic carbocycles. The highest BCUT2D eigenvalue weighted by Gasteiger charge is 2.62. The number of ether oxygens (including phenoxy) is 2. The molecule has 0 bridgehead atoms. The van der Waals surface area contributed by atoms with Crippen molar-refractivity contribution in [3.63, 3.8) is 0 Å². The number of amides is 2. The SMILES string of the molecule is CC(=O)Nc1ccn([C@@H]2O[C@@H]3CO[Si](C(C)C)(C(C)C)O[Si](C(C)C)(C(C)C)OC3[C@@H]2OCC(=O)NCCCC(=O)C(F)(F)F)c(=O)n1. The summed E-state index contributed by atoms with van der Waals surface area (Å²) in [6.07, 6.45) is -8.29. The summed E-state index contributed by atoms with van der Waals surface area (Å²) in [5, 5.41) is 4.93. The molecule has 18 heteroatoms. The first-order valence-electron chi connectivity index (χ1n) is 16.3. The van der Waals surface area contributed by atoms with Crippen LogP contribution in [0.3, 0.4) is 0 Å². The molecule has 3 heterocycles. The minimum absolute atomic E-state index is 0.0392. The molecule has 2 saturated heterocycles. The van der Waals surface area contributed by atoms with Crippen LogP contribution in [0.2, 0.25) is 22.2 Å². The summed E-state index contributed by atoms with van der Waals surface area (Å²) in [7, 11) is -6.12. The van der Waals surface area contributed by atoms with Crippen LogP contribution in [0.15, 0.2) is 17.1 Å². The number of aromatic nitrogens is 2. The highest BCUT2D eigenvalue weighted by Crippen LogP contribution is 2.48. The molecule has 2 amide bonds. The van der Waals surface area contributed by atoms with Gasteiger partial charge in [0.05, 0.1) is 6.61 Å². The number of hydrogen-bond acceptors (Lipinski definition) is 10. The Labute approximate surface area is 281 Å². The number of ketones is 1. The monoisotopic (exact) mass is 722 g/mol. The second kappa shape index (κ2) is 16.0. The van der Waals surface area contributed by atoms with Crippen molar-refractivity contribution in [2.24, 2.45) is 0 Å². The highest BCUT2D eigenvalue weighted by molar-refractivity contribution is 6.84. The van der Waals surface area contributed by atoms with Crippen molar-refractivity contribution in [3.8, 4) is 0 Å². The first-order chi connectivity index (χ1) is 22.2. The summed E-state index contributed by atoms with van der Waals surface area (Å²) in [4.78, 5) is 52.7. The van der Waals surface area contributed by atoms with Gasteiger partial charge in [0.2, 0.25) is 17.6 Å². The van der Waals surface area contributed by atoms with E-state index in [0.29, 0.717) is 0 Å². The van der Waals surface area contributed by atoms with E-state index in [1.54, 1.807) is 0 Å². The molecule has 3 rings (SSSR count). The van der Waals surface area contributed by atoms with Gasteiger partial charge in [0.1, 0.15) is 30.7 Å². The second-order valence-electron chi connectivity index (χ2n) is 13.5. The number of hydrogen-bond donors (Lipinski definition) is 2. The van der Waals surface area contributed by atoms with Crippen molar-refractivity contribution in [1.29, 1.82) is 0 Å². The quantitative estimate of drug-likeness (QED) is 0.220. The molecule has 2 N–H and O–H groups in total. The smallest absolute Gasteiger partial charge is 0.414 e. The third-order valence-corrected chi connectivity index (χ3v) is 18.9. The molecule has 2 aliphatic heterocycles. The Hall–Kier alpha value is -2.49. The number of fused-ring (bicyclic) bond motifs is 1. The van der Waals surface area contributed by atoms with E-state index in [2.05, 4.69) is 43.3 Å². The van der Waals surface area contributed by atoms with Crippen LogP contribution < -0.4 is 16.3 Å². The van der Waals surface area contributed by atoms with Gasteiger partial charge in [0, 0.05) is 26.1 Å². The molecule has 1 unspecified atom stereocenters. The fourth-order valence-corrected chi connectivity index (χ4v) is 17.4. The molecule has 0 saturated carbocycles. The Morgan fingerprint density at radius 3 is 2.17 bits per heavy atom. The molecule has 2 aliphatic rings. The molecule has 0 radical (unpaired) electrons. The van der Waals surface area contributed by atoms with Crippen LogP contribution in [0.4, 0.5) is 19.0 Å². The van der Waals surface area contributed by atoms with Crippen LogP contribution in [0.25, 0.3) is 0 Å². The van der Waals surface area contributed by atoms with Crippen LogP contribution in [0.1, 0.15) is 81.4 Å². The van der Waals surface area contributed by atoms with E-state index in [1.165, 1.54) is 23.8 Å². The predicted molar refractivity (Wildman–Crippen MR) is 174 cm³/mol. The van der Waals surface area contributed by atoms with Gasteiger partial charge in [0.25, 0.3) is 0 Å². The van der Waals surface area contributed by atoms with E-state index in [0.717, 1.165) is 0 Å². The van der Waals surface area contributed by atoms with E-state index in [9.17, 15) is 32.3 Å². The van der Waals surface area contributed by atoms with Gasteiger partial charge < -0.3 is 33.1 Å². The van der Waals surface area contributed by atoms with Crippen LogP contribution in [0, 0.1) is 0 Å². The fraction of sp³-hybridized carbons (Fsp3) is 0.767. The van der Waals surface area contributed by atoms with Gasteiger partial charge in [-0.3, -0.25) is 19.0 Å². The summed E-state index contributed by atoms with van der Waals surface area (Å²) in [6.45, 7) is 17.1. The van der Waals surface area contributed by atoms with Crippen molar-refractivity contribution < 1.29 is 50.0 Å². The zero-order valence-corrected chi connectivity index (χ0v) is 31.0. The number of halogens is 3. The zero-order valence-electron chi connectivity index (χ0n) is 29.0. The molecular formula is C30H49F3N4O9Si2. The van der Waals surface area contributed by atoms with Crippen molar-refractivity contribution >= 4 is 40.5 Å². The van der Waals surface area contributed by atoms with Gasteiger partial charge in [-0.2, -0.15) is 18.2 Å². The zero-order chi connectivity index (χ0) is 36.2. The topological polar surface area (TPSA) is 156 Å². The Bertz CT molecular complexity index is 1340. The standard InChI is InChI=1S/C30H49F3N4O9Si2/c1-17(2)47(18(3)4)43-15-22-26(45-48(46-47,19(5)6)20(7)8)27(42-16-25(40)34-13-10-11-23(39)30(31,32)33)28(44-22)37-14-12-24(35-21(9)38)36-29(37)41/h12,14,17-20,22,26-28H,10-11,13,15-16H2,1-9H3,(H,34,40)(H,35,36,38,41)/t22-,26?,27+,28-/m1/s1. The average Bonchev–Trinajstić information content (AvgIpc) is 3.28. The summed E-state index contributed by atoms with van der Waals surface area (Å²) in [6, 6.07) is 1.43. The number of rotatable bonds is 13. The van der Waals surface area contributed by atoms with E-state index in [1.807, 2.05) is 27.7 Å². The van der Waals surface area contributed by atoms with Gasteiger partial charge in [0.15, 0.2) is 6.23 Å². The van der Waals surface area contributed by atoms with Gasteiger partial charge in [-0.1, -0.05) is 55.4 Å². The number of Topliss-reactive ketones (excluding diaryl/α,β-unsaturated/α-hetero) is 1. The van der Waals surface area contributed by atoms with E-state index in [-0.39, 0.29) is 47.6 Å². The van der Waals surface area contributed by atoms with E-state index < -0.39 is 84.2 Å². The molecule has 2 fully saturated rings. The van der Waals surface area contributed by atoms with Crippen LogP contribution in [-0.2, 0) is 36.8 Å². The van der Waals surface area contributed by atoms with Crippen LogP contribution in [-0.4, -0.2) is 88.5 Å². The van der Waals surface area contributed by atoms with Crippen LogP contribution >= 0.6 is 0 Å². The molecule has 48 heavy (non-hydrogen) atoms. The van der Waals surface area contributed by atoms with Gasteiger partial charge in [-0.15, -0.1) is 0 Å².